The number of benzene rings is 2. The summed E-state index contributed by atoms with van der Waals surface area (Å²) in [5.74, 6) is 0.0745. The smallest absolute Gasteiger partial charge is 0.200 e. The molecule has 3 heterocycles. The summed E-state index contributed by atoms with van der Waals surface area (Å²) in [5.41, 5.74) is 2.62. The number of aromatic nitrogens is 3. The van der Waals surface area contributed by atoms with Gasteiger partial charge in [0.25, 0.3) is 0 Å². The molecule has 5 nitrogen and oxygen atoms in total. The lowest BCUT2D eigenvalue weighted by Gasteiger charge is -2.12. The van der Waals surface area contributed by atoms with Crippen molar-refractivity contribution in [3.05, 3.63) is 94.1 Å². The summed E-state index contributed by atoms with van der Waals surface area (Å²) >= 11 is 6.25. The van der Waals surface area contributed by atoms with Crippen molar-refractivity contribution in [3.8, 4) is 11.1 Å². The summed E-state index contributed by atoms with van der Waals surface area (Å²) in [5, 5.41) is 0.818. The largest absolute Gasteiger partial charge is 0.460 e. The van der Waals surface area contributed by atoms with Crippen LogP contribution in [-0.2, 0) is 13.0 Å². The molecule has 0 bridgehead atoms. The molecule has 3 aromatic heterocycles. The lowest BCUT2D eigenvalue weighted by molar-refractivity contribution is 0.517. The average molecular weight is 420 g/mol. The van der Waals surface area contributed by atoms with Crippen molar-refractivity contribution < 1.29 is 8.81 Å². The summed E-state index contributed by atoms with van der Waals surface area (Å²) in [4.78, 5) is 21.5. The molecule has 0 N–H and O–H groups in total. The number of aryl methyl sites for hydroxylation is 2. The Hall–Kier alpha value is -3.51. The Kier molecular flexibility index (Phi) is 4.56. The number of nitrogens with zero attached hydrogens (tertiary/aromatic N) is 3. The van der Waals surface area contributed by atoms with Crippen molar-refractivity contribution in [2.75, 3.05) is 0 Å². The molecule has 0 saturated heterocycles. The molecule has 0 aliphatic heterocycles. The van der Waals surface area contributed by atoms with E-state index >= 15 is 0 Å². The molecule has 0 atom stereocenters. The number of hydrogen-bond acceptors (Lipinski definition) is 4. The van der Waals surface area contributed by atoms with E-state index in [2.05, 4.69) is 9.97 Å². The van der Waals surface area contributed by atoms with Gasteiger partial charge >= 0.3 is 0 Å². The normalized spacial score (nSPS) is 11.4. The second kappa shape index (κ2) is 7.39. The molecule has 2 aromatic carbocycles. The highest BCUT2D eigenvalue weighted by Crippen LogP contribution is 2.27. The van der Waals surface area contributed by atoms with Crippen LogP contribution >= 0.6 is 11.6 Å². The van der Waals surface area contributed by atoms with Crippen molar-refractivity contribution in [3.63, 3.8) is 0 Å². The lowest BCUT2D eigenvalue weighted by Crippen LogP contribution is -2.11. The molecule has 0 radical (unpaired) electrons. The van der Waals surface area contributed by atoms with E-state index in [4.69, 9.17) is 16.0 Å². The third-order valence-corrected chi connectivity index (χ3v) is 5.35. The third kappa shape index (κ3) is 3.15. The molecule has 0 saturated carbocycles. The number of rotatable bonds is 4. The topological polar surface area (TPSA) is 60.9 Å². The summed E-state index contributed by atoms with van der Waals surface area (Å²) in [6.07, 6.45) is 3.69. The van der Waals surface area contributed by atoms with Crippen LogP contribution in [0, 0.1) is 5.82 Å². The Morgan fingerprint density at radius 2 is 1.93 bits per heavy atom. The average Bonchev–Trinajstić information content (AvgIpc) is 3.17. The summed E-state index contributed by atoms with van der Waals surface area (Å²) in [7, 11) is 0. The van der Waals surface area contributed by atoms with Gasteiger partial charge in [-0.2, -0.15) is 0 Å². The van der Waals surface area contributed by atoms with Crippen LogP contribution in [0.25, 0.3) is 33.1 Å². The molecule has 5 rings (SSSR count). The van der Waals surface area contributed by atoms with Crippen molar-refractivity contribution in [2.45, 2.75) is 13.0 Å². The van der Waals surface area contributed by atoms with E-state index in [-0.39, 0.29) is 5.43 Å². The van der Waals surface area contributed by atoms with E-state index in [1.54, 1.807) is 30.3 Å². The van der Waals surface area contributed by atoms with Gasteiger partial charge in [0.05, 0.1) is 16.5 Å². The maximum absolute atomic E-state index is 13.9. The van der Waals surface area contributed by atoms with Gasteiger partial charge in [-0.15, -0.1) is 0 Å². The number of fused-ring (bicyclic) bond motifs is 2. The number of hydrogen-bond donors (Lipinski definition) is 0. The predicted octanol–water partition coefficient (Wildman–Crippen LogP) is 5.24. The van der Waals surface area contributed by atoms with E-state index in [1.807, 2.05) is 22.9 Å². The van der Waals surface area contributed by atoms with Crippen LogP contribution in [-0.4, -0.2) is 14.5 Å². The third-order valence-electron chi connectivity index (χ3n) is 5.07. The molecule has 30 heavy (non-hydrogen) atoms. The van der Waals surface area contributed by atoms with E-state index in [1.165, 1.54) is 18.5 Å². The van der Waals surface area contributed by atoms with Gasteiger partial charge in [0.2, 0.25) is 5.43 Å². The number of para-hydroxylation sites is 1. The highest BCUT2D eigenvalue weighted by atomic mass is 35.5. The predicted molar refractivity (Wildman–Crippen MR) is 114 cm³/mol. The quantitative estimate of drug-likeness (QED) is 0.374. The van der Waals surface area contributed by atoms with Crippen molar-refractivity contribution in [2.24, 2.45) is 0 Å². The van der Waals surface area contributed by atoms with Gasteiger partial charge in [-0.1, -0.05) is 35.9 Å². The highest BCUT2D eigenvalue weighted by molar-refractivity contribution is 6.33. The Morgan fingerprint density at radius 1 is 1.07 bits per heavy atom. The maximum Gasteiger partial charge on any atom is 0.200 e. The summed E-state index contributed by atoms with van der Waals surface area (Å²) < 4.78 is 21.9. The minimum atomic E-state index is -0.411. The first-order chi connectivity index (χ1) is 14.6. The van der Waals surface area contributed by atoms with E-state index in [0.29, 0.717) is 46.0 Å². The van der Waals surface area contributed by atoms with Crippen molar-refractivity contribution >= 4 is 33.6 Å². The zero-order valence-electron chi connectivity index (χ0n) is 15.7. The van der Waals surface area contributed by atoms with Gasteiger partial charge in [-0.05, 0) is 35.9 Å². The van der Waals surface area contributed by atoms with E-state index in [0.717, 1.165) is 11.0 Å². The first-order valence-corrected chi connectivity index (χ1v) is 9.75. The second-order valence-corrected chi connectivity index (χ2v) is 7.25. The molecule has 0 amide bonds. The standard InChI is InChI=1S/C23H15ClFN3O2/c24-23-21-17(26-13-27-23)8-10-28(21)11-9-19-20(14-4-3-5-15(25)12-14)22(29)16-6-1-2-7-18(16)30-19/h1-8,10,12-13H,9,11H2. The van der Waals surface area contributed by atoms with E-state index in [9.17, 15) is 9.18 Å². The monoisotopic (exact) mass is 419 g/mol. The first-order valence-electron chi connectivity index (χ1n) is 9.38. The van der Waals surface area contributed by atoms with Crippen LogP contribution in [0.1, 0.15) is 5.76 Å². The molecule has 0 aliphatic carbocycles. The van der Waals surface area contributed by atoms with Gasteiger partial charge in [-0.3, -0.25) is 4.79 Å². The minimum Gasteiger partial charge on any atom is -0.460 e. The Bertz CT molecular complexity index is 1460. The maximum atomic E-state index is 13.9. The SMILES string of the molecule is O=c1c(-c2cccc(F)c2)c(CCn2ccc3ncnc(Cl)c32)oc2ccccc12. The van der Waals surface area contributed by atoms with Crippen LogP contribution in [0.3, 0.4) is 0 Å². The lowest BCUT2D eigenvalue weighted by atomic mass is 10.0. The van der Waals surface area contributed by atoms with Crippen LogP contribution < -0.4 is 5.43 Å². The second-order valence-electron chi connectivity index (χ2n) is 6.89. The Morgan fingerprint density at radius 3 is 2.80 bits per heavy atom. The Balaban J connectivity index is 1.64. The zero-order chi connectivity index (χ0) is 20.7. The van der Waals surface area contributed by atoms with Crippen LogP contribution in [0.5, 0.6) is 0 Å². The van der Waals surface area contributed by atoms with Crippen molar-refractivity contribution in [1.82, 2.24) is 14.5 Å². The minimum absolute atomic E-state index is 0.184. The van der Waals surface area contributed by atoms with Crippen LogP contribution in [0.15, 0.2) is 76.3 Å². The fourth-order valence-corrected chi connectivity index (χ4v) is 3.95. The summed E-state index contributed by atoms with van der Waals surface area (Å²) in [6, 6.07) is 14.9. The van der Waals surface area contributed by atoms with Gasteiger partial charge in [0.15, 0.2) is 5.15 Å². The molecule has 0 spiro atoms. The molecule has 0 fully saturated rings. The fraction of sp³-hybridized carbons (Fsp3) is 0.0870. The molecular formula is C23H15ClFN3O2. The fourth-order valence-electron chi connectivity index (χ4n) is 3.70. The zero-order valence-corrected chi connectivity index (χ0v) is 16.4. The molecule has 0 aliphatic rings. The molecule has 7 heteroatoms. The van der Waals surface area contributed by atoms with Gasteiger partial charge < -0.3 is 8.98 Å². The van der Waals surface area contributed by atoms with E-state index < -0.39 is 5.82 Å². The molecule has 0 unspecified atom stereocenters. The Labute approximate surface area is 175 Å². The molecular weight excluding hydrogens is 405 g/mol. The van der Waals surface area contributed by atoms with Gasteiger partial charge in [0.1, 0.15) is 29.0 Å². The van der Waals surface area contributed by atoms with Gasteiger partial charge in [-0.25, -0.2) is 14.4 Å². The van der Waals surface area contributed by atoms with Gasteiger partial charge in [0, 0.05) is 19.2 Å². The van der Waals surface area contributed by atoms with Crippen LogP contribution in [0.4, 0.5) is 4.39 Å². The molecule has 5 aromatic rings. The first kappa shape index (κ1) is 18.5. The molecule has 148 valence electrons. The highest BCUT2D eigenvalue weighted by Gasteiger charge is 2.17. The van der Waals surface area contributed by atoms with Crippen molar-refractivity contribution in [1.29, 1.82) is 0 Å². The number of halogens is 2. The van der Waals surface area contributed by atoms with Crippen LogP contribution in [0.2, 0.25) is 5.15 Å². The summed E-state index contributed by atoms with van der Waals surface area (Å²) in [6.45, 7) is 0.486.